The van der Waals surface area contributed by atoms with Gasteiger partial charge in [0.05, 0.1) is 0 Å². The van der Waals surface area contributed by atoms with Crippen LogP contribution < -0.4 is 0 Å². The number of carbonyl (C=O) groups excluding carboxylic acids is 1. The van der Waals surface area contributed by atoms with Gasteiger partial charge in [0, 0.05) is 5.92 Å². The van der Waals surface area contributed by atoms with Gasteiger partial charge in [-0.1, -0.05) is 51.1 Å². The fourth-order valence-electron chi connectivity index (χ4n) is 1.43. The molecule has 0 aromatic heterocycles. The molecule has 2 rings (SSSR count). The van der Waals surface area contributed by atoms with Gasteiger partial charge in [-0.2, -0.15) is 0 Å². The molecule has 16 heavy (non-hydrogen) atoms. The summed E-state index contributed by atoms with van der Waals surface area (Å²) < 4.78 is 0. The normalized spacial score (nSPS) is 15.0. The smallest absolute Gasteiger partial charge is 0.132 e. The molecular formula is C15H22O. The maximum absolute atomic E-state index is 10.2. The minimum absolute atomic E-state index is 0.293. The minimum atomic E-state index is 0.293. The Morgan fingerprint density at radius 1 is 1.12 bits per heavy atom. The second-order valence-corrected chi connectivity index (χ2v) is 5.50. The third-order valence-corrected chi connectivity index (χ3v) is 2.79. The van der Waals surface area contributed by atoms with Crippen LogP contribution in [0.25, 0.3) is 0 Å². The van der Waals surface area contributed by atoms with Gasteiger partial charge in [0.2, 0.25) is 0 Å². The quantitative estimate of drug-likeness (QED) is 0.697. The summed E-state index contributed by atoms with van der Waals surface area (Å²) in [7, 11) is 0. The largest absolute Gasteiger partial charge is 0.300 e. The fourth-order valence-corrected chi connectivity index (χ4v) is 1.43. The van der Waals surface area contributed by atoms with E-state index in [4.69, 9.17) is 0 Å². The predicted octanol–water partition coefficient (Wildman–Crippen LogP) is 3.97. The van der Waals surface area contributed by atoms with E-state index in [0.29, 0.717) is 17.1 Å². The van der Waals surface area contributed by atoms with Crippen LogP contribution in [0.1, 0.15) is 46.1 Å². The van der Waals surface area contributed by atoms with Crippen molar-refractivity contribution in [2.24, 2.45) is 5.92 Å². The van der Waals surface area contributed by atoms with E-state index in [1.165, 1.54) is 5.56 Å². The average molecular weight is 218 g/mol. The molecule has 0 spiro atoms. The summed E-state index contributed by atoms with van der Waals surface area (Å²) in [6.45, 7) is 8.34. The topological polar surface area (TPSA) is 17.1 Å². The molecule has 1 heteroatoms. The summed E-state index contributed by atoms with van der Waals surface area (Å²) >= 11 is 0. The van der Waals surface area contributed by atoms with Crippen LogP contribution in [-0.4, -0.2) is 5.78 Å². The highest BCUT2D eigenvalue weighted by atomic mass is 16.1. The van der Waals surface area contributed by atoms with Gasteiger partial charge in [-0.05, 0) is 30.7 Å². The van der Waals surface area contributed by atoms with Crippen molar-refractivity contribution in [3.8, 4) is 0 Å². The van der Waals surface area contributed by atoms with Crippen LogP contribution in [0.2, 0.25) is 0 Å². The first-order valence-corrected chi connectivity index (χ1v) is 5.97. The van der Waals surface area contributed by atoms with Crippen LogP contribution in [0.4, 0.5) is 0 Å². The third-order valence-electron chi connectivity index (χ3n) is 2.79. The number of ketones is 1. The van der Waals surface area contributed by atoms with Crippen LogP contribution in [0.5, 0.6) is 0 Å². The van der Waals surface area contributed by atoms with E-state index in [9.17, 15) is 4.79 Å². The summed E-state index contributed by atoms with van der Waals surface area (Å²) in [5, 5.41) is 0. The van der Waals surface area contributed by atoms with E-state index in [1.54, 1.807) is 6.92 Å². The predicted molar refractivity (Wildman–Crippen MR) is 68.5 cm³/mol. The maximum atomic E-state index is 10.2. The minimum Gasteiger partial charge on any atom is -0.300 e. The lowest BCUT2D eigenvalue weighted by molar-refractivity contribution is -0.118. The van der Waals surface area contributed by atoms with E-state index in [1.807, 2.05) is 0 Å². The molecule has 1 fully saturated rings. The summed E-state index contributed by atoms with van der Waals surface area (Å²) in [5.74, 6) is 0.833. The molecule has 0 bridgehead atoms. The zero-order valence-corrected chi connectivity index (χ0v) is 10.8. The van der Waals surface area contributed by atoms with Crippen LogP contribution in [0.15, 0.2) is 30.3 Å². The molecule has 0 amide bonds. The van der Waals surface area contributed by atoms with E-state index in [-0.39, 0.29) is 0 Å². The number of carbonyl (C=O) groups is 1. The van der Waals surface area contributed by atoms with Gasteiger partial charge < -0.3 is 0 Å². The lowest BCUT2D eigenvalue weighted by Gasteiger charge is -2.18. The van der Waals surface area contributed by atoms with Crippen molar-refractivity contribution >= 4 is 5.78 Å². The Balaban J connectivity index is 0.000000181. The van der Waals surface area contributed by atoms with Gasteiger partial charge in [0.25, 0.3) is 0 Å². The summed E-state index contributed by atoms with van der Waals surface area (Å²) in [4.78, 5) is 10.2. The number of rotatable bonds is 1. The molecular weight excluding hydrogens is 196 g/mol. The van der Waals surface area contributed by atoms with E-state index >= 15 is 0 Å². The van der Waals surface area contributed by atoms with Gasteiger partial charge in [0.15, 0.2) is 0 Å². The summed E-state index contributed by atoms with van der Waals surface area (Å²) in [6, 6.07) is 10.6. The van der Waals surface area contributed by atoms with Gasteiger partial charge in [-0.25, -0.2) is 0 Å². The summed E-state index contributed by atoms with van der Waals surface area (Å²) in [5.41, 5.74) is 1.69. The molecule has 1 saturated carbocycles. The highest BCUT2D eigenvalue weighted by Gasteiger charge is 2.25. The second kappa shape index (κ2) is 5.29. The van der Waals surface area contributed by atoms with Crippen molar-refractivity contribution in [2.45, 2.75) is 46.0 Å². The van der Waals surface area contributed by atoms with Gasteiger partial charge in [0.1, 0.15) is 5.78 Å². The van der Waals surface area contributed by atoms with Crippen LogP contribution in [0.3, 0.4) is 0 Å². The van der Waals surface area contributed by atoms with Gasteiger partial charge in [-0.15, -0.1) is 0 Å². The molecule has 0 radical (unpaired) electrons. The first kappa shape index (κ1) is 13.0. The van der Waals surface area contributed by atoms with Crippen molar-refractivity contribution in [2.75, 3.05) is 0 Å². The van der Waals surface area contributed by atoms with Crippen molar-refractivity contribution < 1.29 is 4.79 Å². The fraction of sp³-hybridized carbons (Fsp3) is 0.533. The molecule has 1 nitrogen and oxygen atoms in total. The molecule has 0 unspecified atom stereocenters. The number of Topliss-reactive ketones (excluding diaryl/α,β-unsaturated/α-hetero) is 1. The zero-order valence-electron chi connectivity index (χ0n) is 10.8. The third kappa shape index (κ3) is 4.61. The van der Waals surface area contributed by atoms with E-state index in [0.717, 1.165) is 12.8 Å². The molecule has 0 heterocycles. The lowest BCUT2D eigenvalue weighted by Crippen LogP contribution is -2.10. The highest BCUT2D eigenvalue weighted by Crippen LogP contribution is 2.29. The van der Waals surface area contributed by atoms with Crippen molar-refractivity contribution in [3.63, 3.8) is 0 Å². The standard InChI is InChI=1S/C10H14.C5H8O/c1-10(2,3)9-7-5-4-6-8-9;1-4(6)5-2-3-5/h4-8H,1-3H3;5H,2-3H2,1H3. The Morgan fingerprint density at radius 2 is 1.62 bits per heavy atom. The molecule has 1 aromatic carbocycles. The Hall–Kier alpha value is -1.11. The SMILES string of the molecule is CC(=O)C1CC1.CC(C)(C)c1ccccc1. The Bertz CT molecular complexity index is 328. The van der Waals surface area contributed by atoms with Crippen LogP contribution in [-0.2, 0) is 10.2 Å². The molecule has 88 valence electrons. The number of hydrogen-bond acceptors (Lipinski definition) is 1. The maximum Gasteiger partial charge on any atom is 0.132 e. The van der Waals surface area contributed by atoms with Crippen molar-refractivity contribution in [1.82, 2.24) is 0 Å². The highest BCUT2D eigenvalue weighted by molar-refractivity contribution is 5.80. The van der Waals surface area contributed by atoms with Gasteiger partial charge >= 0.3 is 0 Å². The van der Waals surface area contributed by atoms with Crippen LogP contribution >= 0.6 is 0 Å². The first-order valence-electron chi connectivity index (χ1n) is 5.97. The molecule has 1 aromatic rings. The number of hydrogen-bond donors (Lipinski definition) is 0. The second-order valence-electron chi connectivity index (χ2n) is 5.50. The van der Waals surface area contributed by atoms with E-state index in [2.05, 4.69) is 51.1 Å². The summed E-state index contributed by atoms with van der Waals surface area (Å²) in [6.07, 6.45) is 2.30. The monoisotopic (exact) mass is 218 g/mol. The van der Waals surface area contributed by atoms with Gasteiger partial charge in [-0.3, -0.25) is 4.79 Å². The molecule has 1 aliphatic rings. The van der Waals surface area contributed by atoms with Crippen molar-refractivity contribution in [1.29, 1.82) is 0 Å². The molecule has 0 N–H and O–H groups in total. The van der Waals surface area contributed by atoms with E-state index < -0.39 is 0 Å². The van der Waals surface area contributed by atoms with Crippen LogP contribution in [0, 0.1) is 5.92 Å². The molecule has 0 aliphatic heterocycles. The molecule has 0 atom stereocenters. The molecule has 1 aliphatic carbocycles. The first-order chi connectivity index (χ1) is 7.41. The lowest BCUT2D eigenvalue weighted by atomic mass is 9.87. The average Bonchev–Trinajstić information content (AvgIpc) is 3.02. The van der Waals surface area contributed by atoms with Crippen molar-refractivity contribution in [3.05, 3.63) is 35.9 Å². The Morgan fingerprint density at radius 3 is 1.81 bits per heavy atom. The Labute approximate surface area is 98.9 Å². The molecule has 0 saturated heterocycles. The number of benzene rings is 1. The Kier molecular flexibility index (Phi) is 4.28. The zero-order chi connectivity index (χ0) is 12.2.